The highest BCUT2D eigenvalue weighted by molar-refractivity contribution is 5.32. The zero-order chi connectivity index (χ0) is 7.82. The summed E-state index contributed by atoms with van der Waals surface area (Å²) in [6.45, 7) is 5.04. The summed E-state index contributed by atoms with van der Waals surface area (Å²) in [6, 6.07) is 0. The maximum Gasteiger partial charge on any atom is 0.234 e. The summed E-state index contributed by atoms with van der Waals surface area (Å²) >= 11 is 0. The van der Waals surface area contributed by atoms with Gasteiger partial charge in [-0.1, -0.05) is 26.7 Å². The molecular weight excluding hydrogens is 126 g/mol. The molecule has 0 N–H and O–H groups in total. The van der Waals surface area contributed by atoms with E-state index in [1.54, 1.807) is 0 Å². The number of hydrogen-bond acceptors (Lipinski definition) is 2. The molecule has 0 aromatic rings. The number of hydrogen-bond donors (Lipinski definition) is 0. The summed E-state index contributed by atoms with van der Waals surface area (Å²) in [5.41, 5.74) is 0. The van der Waals surface area contributed by atoms with E-state index in [-0.39, 0.29) is 0 Å². The smallest absolute Gasteiger partial charge is 0.211 e. The Labute approximate surface area is 62.4 Å². The molecule has 0 saturated carbocycles. The Hall–Kier alpha value is -0.620. The Bertz CT molecular complexity index is 114. The Morgan fingerprint density at radius 3 is 2.60 bits per heavy atom. The predicted molar refractivity (Wildman–Crippen MR) is 41.7 cm³/mol. The van der Waals surface area contributed by atoms with Gasteiger partial charge in [-0.25, -0.2) is 9.79 Å². The molecule has 58 valence electrons. The zero-order valence-corrected chi connectivity index (χ0v) is 6.76. The lowest BCUT2D eigenvalue weighted by Crippen LogP contribution is -1.88. The molecule has 0 spiro atoms. The van der Waals surface area contributed by atoms with Crippen LogP contribution >= 0.6 is 0 Å². The van der Waals surface area contributed by atoms with Crippen molar-refractivity contribution in [3.05, 3.63) is 0 Å². The normalized spacial score (nSPS) is 9.50. The van der Waals surface area contributed by atoms with Gasteiger partial charge < -0.3 is 0 Å². The Kier molecular flexibility index (Phi) is 6.10. The molecule has 0 radical (unpaired) electrons. The van der Waals surface area contributed by atoms with Gasteiger partial charge >= 0.3 is 0 Å². The van der Waals surface area contributed by atoms with Crippen LogP contribution in [0.3, 0.4) is 0 Å². The Morgan fingerprint density at radius 1 is 1.40 bits per heavy atom. The third-order valence-corrected chi connectivity index (χ3v) is 1.37. The Morgan fingerprint density at radius 2 is 2.10 bits per heavy atom. The van der Waals surface area contributed by atoms with E-state index < -0.39 is 0 Å². The van der Waals surface area contributed by atoms with E-state index in [0.29, 0.717) is 6.54 Å². The molecule has 0 saturated heterocycles. The highest BCUT2D eigenvalue weighted by Crippen LogP contribution is 2.05. The minimum Gasteiger partial charge on any atom is -0.211 e. The van der Waals surface area contributed by atoms with Gasteiger partial charge in [-0.05, 0) is 12.3 Å². The molecule has 0 atom stereocenters. The van der Waals surface area contributed by atoms with Gasteiger partial charge in [0.15, 0.2) is 0 Å². The quantitative estimate of drug-likeness (QED) is 0.327. The fraction of sp³-hybridized carbons (Fsp3) is 0.875. The van der Waals surface area contributed by atoms with Crippen LogP contribution in [0.4, 0.5) is 0 Å². The van der Waals surface area contributed by atoms with Gasteiger partial charge in [-0.15, -0.1) is 0 Å². The predicted octanol–water partition coefficient (Wildman–Crippen LogP) is 2.15. The van der Waals surface area contributed by atoms with Gasteiger partial charge in [0.1, 0.15) is 0 Å². The fourth-order valence-electron chi connectivity index (χ4n) is 0.789. The number of isocyanates is 1. The molecule has 2 nitrogen and oxygen atoms in total. The first kappa shape index (κ1) is 9.38. The highest BCUT2D eigenvalue weighted by atomic mass is 16.1. The summed E-state index contributed by atoms with van der Waals surface area (Å²) in [6.07, 6.45) is 4.95. The largest absolute Gasteiger partial charge is 0.234 e. The van der Waals surface area contributed by atoms with Gasteiger partial charge in [0.25, 0.3) is 0 Å². The van der Waals surface area contributed by atoms with E-state index >= 15 is 0 Å². The van der Waals surface area contributed by atoms with Crippen molar-refractivity contribution in [1.29, 1.82) is 0 Å². The molecule has 0 fully saturated rings. The van der Waals surface area contributed by atoms with E-state index in [9.17, 15) is 4.79 Å². The number of carbonyl (C=O) groups excluding carboxylic acids is 1. The lowest BCUT2D eigenvalue weighted by molar-refractivity contribution is 0.537. The van der Waals surface area contributed by atoms with Crippen LogP contribution in [0.1, 0.15) is 33.1 Å². The zero-order valence-electron chi connectivity index (χ0n) is 6.76. The molecule has 0 aliphatic rings. The SMILES string of the molecule is CC(C)CCCCN=C=O. The minimum atomic E-state index is 0.649. The fourth-order valence-corrected chi connectivity index (χ4v) is 0.789. The standard InChI is InChI=1S/C8H15NO/c1-8(2)5-3-4-6-9-7-10/h8H,3-6H2,1-2H3. The van der Waals surface area contributed by atoms with Crippen molar-refractivity contribution in [2.45, 2.75) is 33.1 Å². The van der Waals surface area contributed by atoms with E-state index in [2.05, 4.69) is 18.8 Å². The van der Waals surface area contributed by atoms with Gasteiger partial charge in [0.2, 0.25) is 6.08 Å². The number of aliphatic imine (C=N–C) groups is 1. The van der Waals surface area contributed by atoms with Crippen molar-refractivity contribution < 1.29 is 4.79 Å². The van der Waals surface area contributed by atoms with Gasteiger partial charge in [0, 0.05) is 0 Å². The van der Waals surface area contributed by atoms with Crippen LogP contribution in [0.2, 0.25) is 0 Å². The summed E-state index contributed by atoms with van der Waals surface area (Å²) < 4.78 is 0. The van der Waals surface area contributed by atoms with E-state index in [4.69, 9.17) is 0 Å². The molecule has 10 heavy (non-hydrogen) atoms. The van der Waals surface area contributed by atoms with Crippen molar-refractivity contribution in [1.82, 2.24) is 0 Å². The van der Waals surface area contributed by atoms with Crippen molar-refractivity contribution in [3.63, 3.8) is 0 Å². The molecule has 0 aromatic heterocycles. The lowest BCUT2D eigenvalue weighted by atomic mass is 10.1. The van der Waals surface area contributed by atoms with Gasteiger partial charge in [0.05, 0.1) is 6.54 Å². The van der Waals surface area contributed by atoms with E-state index in [1.807, 2.05) is 0 Å². The number of unbranched alkanes of at least 4 members (excludes halogenated alkanes) is 1. The topological polar surface area (TPSA) is 29.4 Å². The molecule has 0 aromatic carbocycles. The van der Waals surface area contributed by atoms with Crippen LogP contribution in [0, 0.1) is 5.92 Å². The molecule has 0 heterocycles. The van der Waals surface area contributed by atoms with Crippen LogP contribution in [0.5, 0.6) is 0 Å². The summed E-state index contributed by atoms with van der Waals surface area (Å²) in [7, 11) is 0. The molecule has 0 unspecified atom stereocenters. The van der Waals surface area contributed by atoms with Crippen LogP contribution in [0.15, 0.2) is 4.99 Å². The first-order valence-electron chi connectivity index (χ1n) is 3.81. The van der Waals surface area contributed by atoms with E-state index in [0.717, 1.165) is 12.3 Å². The van der Waals surface area contributed by atoms with Crippen LogP contribution in [0.25, 0.3) is 0 Å². The van der Waals surface area contributed by atoms with Crippen LogP contribution in [-0.2, 0) is 4.79 Å². The van der Waals surface area contributed by atoms with Gasteiger partial charge in [-0.2, -0.15) is 0 Å². The first-order chi connectivity index (χ1) is 4.77. The van der Waals surface area contributed by atoms with Crippen molar-refractivity contribution >= 4 is 6.08 Å². The third-order valence-electron chi connectivity index (χ3n) is 1.37. The van der Waals surface area contributed by atoms with E-state index in [1.165, 1.54) is 18.9 Å². The second kappa shape index (κ2) is 6.50. The van der Waals surface area contributed by atoms with Crippen LogP contribution in [-0.4, -0.2) is 12.6 Å². The lowest BCUT2D eigenvalue weighted by Gasteiger charge is -2.00. The second-order valence-electron chi connectivity index (χ2n) is 2.86. The summed E-state index contributed by atoms with van der Waals surface area (Å²) in [5, 5.41) is 0. The van der Waals surface area contributed by atoms with Crippen molar-refractivity contribution in [2.75, 3.05) is 6.54 Å². The first-order valence-corrected chi connectivity index (χ1v) is 3.81. The summed E-state index contributed by atoms with van der Waals surface area (Å²) in [4.78, 5) is 13.1. The summed E-state index contributed by atoms with van der Waals surface area (Å²) in [5.74, 6) is 0.764. The Balaban J connectivity index is 2.98. The molecule has 0 aliphatic heterocycles. The molecule has 0 amide bonds. The third kappa shape index (κ3) is 7.38. The second-order valence-corrected chi connectivity index (χ2v) is 2.86. The molecule has 0 bridgehead atoms. The monoisotopic (exact) mass is 141 g/mol. The molecular formula is C8H15NO. The van der Waals surface area contributed by atoms with Gasteiger partial charge in [-0.3, -0.25) is 0 Å². The number of nitrogens with zero attached hydrogens (tertiary/aromatic N) is 1. The van der Waals surface area contributed by atoms with Crippen molar-refractivity contribution in [3.8, 4) is 0 Å². The molecule has 0 aliphatic carbocycles. The van der Waals surface area contributed by atoms with Crippen LogP contribution < -0.4 is 0 Å². The average Bonchev–Trinajstić information content (AvgIpc) is 1.87. The number of rotatable bonds is 5. The molecule has 2 heteroatoms. The highest BCUT2D eigenvalue weighted by Gasteiger charge is 1.92. The minimum absolute atomic E-state index is 0.649. The maximum absolute atomic E-state index is 9.61. The molecule has 0 rings (SSSR count). The average molecular weight is 141 g/mol. The van der Waals surface area contributed by atoms with Crippen molar-refractivity contribution in [2.24, 2.45) is 10.9 Å². The maximum atomic E-state index is 9.61.